The van der Waals surface area contributed by atoms with Crippen LogP contribution in [0.1, 0.15) is 42.0 Å². The highest BCUT2D eigenvalue weighted by molar-refractivity contribution is 7.09. The number of hydrogen-bond acceptors (Lipinski definition) is 6. The van der Waals surface area contributed by atoms with E-state index in [2.05, 4.69) is 15.2 Å². The molecule has 21 heavy (non-hydrogen) atoms. The van der Waals surface area contributed by atoms with Gasteiger partial charge in [0.15, 0.2) is 5.69 Å². The molecule has 0 unspecified atom stereocenters. The van der Waals surface area contributed by atoms with Crippen molar-refractivity contribution >= 4 is 17.2 Å². The topological polar surface area (TPSA) is 84.1 Å². The van der Waals surface area contributed by atoms with Crippen LogP contribution in [0.3, 0.4) is 0 Å². The monoisotopic (exact) mass is 309 g/mol. The molecule has 114 valence electrons. The molecule has 7 nitrogen and oxygen atoms in total. The average Bonchev–Trinajstić information content (AvgIpc) is 3.05. The van der Waals surface area contributed by atoms with E-state index in [0.717, 1.165) is 5.69 Å². The number of aliphatic hydroxyl groups is 1. The minimum atomic E-state index is -0.963. The Balaban J connectivity index is 2.05. The summed E-state index contributed by atoms with van der Waals surface area (Å²) in [4.78, 5) is 19.6. The van der Waals surface area contributed by atoms with E-state index < -0.39 is 5.60 Å². The Hall–Kier alpha value is -1.80. The molecule has 0 aliphatic carbocycles. The van der Waals surface area contributed by atoms with Crippen LogP contribution in [0.15, 0.2) is 11.6 Å². The predicted octanol–water partition coefficient (Wildman–Crippen LogP) is 1.25. The second kappa shape index (κ2) is 5.90. The number of rotatable bonds is 5. The third-order valence-electron chi connectivity index (χ3n) is 2.86. The standard InChI is InChI=1S/C13H19N5O2S/c1-5-18-14-6-10(16-18)11(19)17(4)7-9-8-21-12(15-9)13(2,3)20/h6,8,20H,5,7H2,1-4H3. The maximum Gasteiger partial charge on any atom is 0.276 e. The SMILES string of the molecule is CCn1ncc(C(=O)N(C)Cc2csc(C(C)(C)O)n2)n1. The van der Waals surface area contributed by atoms with Crippen LogP contribution in [0.25, 0.3) is 0 Å². The van der Waals surface area contributed by atoms with Crippen molar-refractivity contribution in [1.82, 2.24) is 24.9 Å². The summed E-state index contributed by atoms with van der Waals surface area (Å²) in [5.41, 5.74) is 0.100. The second-order valence-electron chi connectivity index (χ2n) is 5.28. The zero-order chi connectivity index (χ0) is 15.6. The Bertz CT molecular complexity index is 629. The molecular weight excluding hydrogens is 290 g/mol. The molecule has 0 bridgehead atoms. The summed E-state index contributed by atoms with van der Waals surface area (Å²) in [6, 6.07) is 0. The smallest absolute Gasteiger partial charge is 0.276 e. The molecule has 0 aliphatic rings. The van der Waals surface area contributed by atoms with Gasteiger partial charge in [-0.25, -0.2) is 4.98 Å². The molecule has 0 radical (unpaired) electrons. The lowest BCUT2D eigenvalue weighted by Gasteiger charge is -2.15. The number of nitrogens with zero attached hydrogens (tertiary/aromatic N) is 5. The normalized spacial score (nSPS) is 11.7. The minimum absolute atomic E-state index is 0.201. The number of amides is 1. The Morgan fingerprint density at radius 3 is 2.76 bits per heavy atom. The van der Waals surface area contributed by atoms with Crippen molar-refractivity contribution in [1.29, 1.82) is 0 Å². The average molecular weight is 309 g/mol. The van der Waals surface area contributed by atoms with E-state index in [-0.39, 0.29) is 5.91 Å². The first-order valence-electron chi connectivity index (χ1n) is 6.64. The lowest BCUT2D eigenvalue weighted by Crippen LogP contribution is -2.27. The molecule has 0 aromatic carbocycles. The summed E-state index contributed by atoms with van der Waals surface area (Å²) in [7, 11) is 1.69. The molecule has 0 spiro atoms. The molecule has 0 saturated carbocycles. The van der Waals surface area contributed by atoms with Gasteiger partial charge in [0, 0.05) is 12.4 Å². The van der Waals surface area contributed by atoms with E-state index in [1.54, 1.807) is 20.9 Å². The van der Waals surface area contributed by atoms with Crippen LogP contribution in [-0.4, -0.2) is 42.9 Å². The Kier molecular flexibility index (Phi) is 4.38. The van der Waals surface area contributed by atoms with Crippen molar-refractivity contribution in [2.24, 2.45) is 0 Å². The third-order valence-corrected chi connectivity index (χ3v) is 4.06. The van der Waals surface area contributed by atoms with Gasteiger partial charge in [0.05, 0.1) is 25.0 Å². The fourth-order valence-electron chi connectivity index (χ4n) is 1.72. The first-order chi connectivity index (χ1) is 9.81. The molecule has 2 heterocycles. The number of hydrogen-bond donors (Lipinski definition) is 1. The van der Waals surface area contributed by atoms with Crippen molar-refractivity contribution in [3.05, 3.63) is 28.0 Å². The summed E-state index contributed by atoms with van der Waals surface area (Å²) in [6.45, 7) is 6.27. The van der Waals surface area contributed by atoms with Gasteiger partial charge in [0.1, 0.15) is 10.6 Å². The maximum atomic E-state index is 12.2. The van der Waals surface area contributed by atoms with Gasteiger partial charge >= 0.3 is 0 Å². The van der Waals surface area contributed by atoms with Gasteiger partial charge in [-0.2, -0.15) is 9.90 Å². The van der Waals surface area contributed by atoms with Gasteiger partial charge in [0.2, 0.25) is 0 Å². The van der Waals surface area contributed by atoms with Crippen LogP contribution in [0.5, 0.6) is 0 Å². The van der Waals surface area contributed by atoms with Gasteiger partial charge in [-0.15, -0.1) is 16.4 Å². The lowest BCUT2D eigenvalue weighted by atomic mass is 10.1. The quantitative estimate of drug-likeness (QED) is 0.898. The molecule has 0 fully saturated rings. The summed E-state index contributed by atoms with van der Waals surface area (Å²) in [5, 5.41) is 20.5. The van der Waals surface area contributed by atoms with Gasteiger partial charge in [0.25, 0.3) is 5.91 Å². The number of aryl methyl sites for hydroxylation is 1. The summed E-state index contributed by atoms with van der Waals surface area (Å²) in [6.07, 6.45) is 1.46. The Labute approximate surface area is 127 Å². The first-order valence-corrected chi connectivity index (χ1v) is 7.52. The molecule has 0 atom stereocenters. The zero-order valence-corrected chi connectivity index (χ0v) is 13.4. The summed E-state index contributed by atoms with van der Waals surface area (Å²) < 4.78 is 0. The molecular formula is C13H19N5O2S. The molecule has 1 amide bonds. The van der Waals surface area contributed by atoms with E-state index >= 15 is 0 Å². The molecule has 2 aromatic rings. The van der Waals surface area contributed by atoms with Crippen LogP contribution in [0.2, 0.25) is 0 Å². The van der Waals surface area contributed by atoms with Gasteiger partial charge in [-0.1, -0.05) is 0 Å². The fourth-order valence-corrected chi connectivity index (χ4v) is 2.55. The molecule has 0 aliphatic heterocycles. The number of aromatic nitrogens is 4. The van der Waals surface area contributed by atoms with Crippen molar-refractivity contribution in [2.75, 3.05) is 7.05 Å². The third kappa shape index (κ3) is 3.64. The number of carbonyl (C=O) groups is 1. The fraction of sp³-hybridized carbons (Fsp3) is 0.538. The second-order valence-corrected chi connectivity index (χ2v) is 6.14. The largest absolute Gasteiger partial charge is 0.383 e. The molecule has 2 aromatic heterocycles. The number of carbonyl (C=O) groups excluding carboxylic acids is 1. The Morgan fingerprint density at radius 2 is 2.24 bits per heavy atom. The lowest BCUT2D eigenvalue weighted by molar-refractivity contribution is 0.0766. The molecule has 8 heteroatoms. The van der Waals surface area contributed by atoms with Gasteiger partial charge in [-0.05, 0) is 20.8 Å². The Morgan fingerprint density at radius 1 is 1.52 bits per heavy atom. The van der Waals surface area contributed by atoms with Crippen LogP contribution >= 0.6 is 11.3 Å². The van der Waals surface area contributed by atoms with Crippen molar-refractivity contribution in [3.63, 3.8) is 0 Å². The maximum absolute atomic E-state index is 12.2. The van der Waals surface area contributed by atoms with E-state index in [4.69, 9.17) is 0 Å². The van der Waals surface area contributed by atoms with Crippen molar-refractivity contribution < 1.29 is 9.90 Å². The van der Waals surface area contributed by atoms with Gasteiger partial charge in [-0.3, -0.25) is 4.79 Å². The van der Waals surface area contributed by atoms with Crippen LogP contribution in [0.4, 0.5) is 0 Å². The minimum Gasteiger partial charge on any atom is -0.383 e. The molecule has 2 rings (SSSR count). The van der Waals surface area contributed by atoms with Crippen LogP contribution in [-0.2, 0) is 18.7 Å². The molecule has 1 N–H and O–H groups in total. The van der Waals surface area contributed by atoms with Crippen LogP contribution < -0.4 is 0 Å². The summed E-state index contributed by atoms with van der Waals surface area (Å²) in [5.74, 6) is -0.201. The van der Waals surface area contributed by atoms with E-state index in [1.165, 1.54) is 27.2 Å². The van der Waals surface area contributed by atoms with Crippen molar-refractivity contribution in [2.45, 2.75) is 39.5 Å². The first kappa shape index (κ1) is 15.6. The predicted molar refractivity (Wildman–Crippen MR) is 78.9 cm³/mol. The van der Waals surface area contributed by atoms with E-state index in [1.807, 2.05) is 12.3 Å². The van der Waals surface area contributed by atoms with E-state index in [0.29, 0.717) is 23.8 Å². The highest BCUT2D eigenvalue weighted by Gasteiger charge is 2.22. The van der Waals surface area contributed by atoms with E-state index in [9.17, 15) is 9.90 Å². The highest BCUT2D eigenvalue weighted by atomic mass is 32.1. The molecule has 0 saturated heterocycles. The van der Waals surface area contributed by atoms with Crippen LogP contribution in [0, 0.1) is 0 Å². The van der Waals surface area contributed by atoms with Gasteiger partial charge < -0.3 is 10.0 Å². The summed E-state index contributed by atoms with van der Waals surface area (Å²) >= 11 is 1.38. The van der Waals surface area contributed by atoms with Crippen molar-refractivity contribution in [3.8, 4) is 0 Å². The number of thiazole rings is 1. The highest BCUT2D eigenvalue weighted by Crippen LogP contribution is 2.23. The zero-order valence-electron chi connectivity index (χ0n) is 12.6.